The zero-order valence-electron chi connectivity index (χ0n) is 12.7. The van der Waals surface area contributed by atoms with Gasteiger partial charge in [-0.2, -0.15) is 5.10 Å². The van der Waals surface area contributed by atoms with Crippen molar-refractivity contribution in [3.8, 4) is 0 Å². The van der Waals surface area contributed by atoms with E-state index in [1.54, 1.807) is 17.5 Å². The smallest absolute Gasteiger partial charge is 0.287 e. The first-order valence-electron chi connectivity index (χ1n) is 7.03. The van der Waals surface area contributed by atoms with Crippen LogP contribution in [0.3, 0.4) is 0 Å². The Hall–Kier alpha value is -1.33. The Balaban J connectivity index is 2.26. The van der Waals surface area contributed by atoms with E-state index in [4.69, 9.17) is 11.6 Å². The Morgan fingerprint density at radius 1 is 1.48 bits per heavy atom. The van der Waals surface area contributed by atoms with E-state index in [-0.39, 0.29) is 16.6 Å². The zero-order chi connectivity index (χ0) is 15.6. The Kier molecular flexibility index (Phi) is 5.06. The largest absolute Gasteiger partial charge is 0.376 e. The lowest BCUT2D eigenvalue weighted by Crippen LogP contribution is -2.24. The number of anilines is 1. The minimum absolute atomic E-state index is 0.0793. The van der Waals surface area contributed by atoms with Gasteiger partial charge in [-0.25, -0.2) is 4.68 Å². The van der Waals surface area contributed by atoms with Crippen LogP contribution in [0.4, 0.5) is 5.69 Å². The van der Waals surface area contributed by atoms with Gasteiger partial charge in [0, 0.05) is 22.3 Å². The van der Waals surface area contributed by atoms with Crippen molar-refractivity contribution in [2.75, 3.05) is 5.32 Å². The monoisotopic (exact) mass is 325 g/mol. The second kappa shape index (κ2) is 6.62. The van der Waals surface area contributed by atoms with Crippen LogP contribution in [0.2, 0.25) is 5.02 Å². The lowest BCUT2D eigenvalue weighted by molar-refractivity contribution is 0.568. The van der Waals surface area contributed by atoms with E-state index in [2.05, 4.69) is 37.3 Å². The van der Waals surface area contributed by atoms with Crippen LogP contribution in [0.5, 0.6) is 0 Å². The molecule has 0 saturated carbocycles. The molecule has 2 aromatic rings. The van der Waals surface area contributed by atoms with Crippen molar-refractivity contribution >= 4 is 28.6 Å². The van der Waals surface area contributed by atoms with E-state index in [0.717, 1.165) is 6.42 Å². The van der Waals surface area contributed by atoms with Gasteiger partial charge in [0.05, 0.1) is 11.9 Å². The molecule has 0 aliphatic carbocycles. The molecule has 6 heteroatoms. The minimum atomic E-state index is -0.242. The fraction of sp³-hybridized carbons (Fsp3) is 0.467. The summed E-state index contributed by atoms with van der Waals surface area (Å²) in [5, 5.41) is 7.66. The third-order valence-electron chi connectivity index (χ3n) is 3.34. The van der Waals surface area contributed by atoms with Gasteiger partial charge in [-0.1, -0.05) is 18.5 Å². The highest BCUT2D eigenvalue weighted by atomic mass is 35.5. The van der Waals surface area contributed by atoms with Crippen LogP contribution in [0.1, 0.15) is 41.6 Å². The van der Waals surface area contributed by atoms with Crippen LogP contribution in [-0.2, 0) is 6.54 Å². The van der Waals surface area contributed by atoms with Gasteiger partial charge in [0.1, 0.15) is 5.02 Å². The maximum Gasteiger partial charge on any atom is 0.287 e. The molecule has 2 heterocycles. The van der Waals surface area contributed by atoms with Crippen molar-refractivity contribution in [2.24, 2.45) is 0 Å². The molecule has 0 saturated heterocycles. The number of hydrogen-bond acceptors (Lipinski definition) is 4. The summed E-state index contributed by atoms with van der Waals surface area (Å²) >= 11 is 7.95. The van der Waals surface area contributed by atoms with Crippen LogP contribution in [-0.4, -0.2) is 9.78 Å². The second-order valence-corrected chi connectivity index (χ2v) is 6.97. The van der Waals surface area contributed by atoms with Crippen molar-refractivity contribution in [3.63, 3.8) is 0 Å². The molecule has 0 bridgehead atoms. The standard InChI is InChI=1S/C15H20ClN3OS/c1-5-6-19-15(20)14(16)13(8-17-19)18-10(3)12-7-9(2)21-11(12)4/h7-8,10,18H,5-6H2,1-4H3. The molecular weight excluding hydrogens is 306 g/mol. The highest BCUT2D eigenvalue weighted by Gasteiger charge is 2.15. The van der Waals surface area contributed by atoms with E-state index < -0.39 is 0 Å². The number of aromatic nitrogens is 2. The van der Waals surface area contributed by atoms with Crippen LogP contribution in [0, 0.1) is 13.8 Å². The van der Waals surface area contributed by atoms with Crippen LogP contribution in [0.15, 0.2) is 17.1 Å². The maximum absolute atomic E-state index is 12.1. The number of aryl methyl sites for hydroxylation is 3. The quantitative estimate of drug-likeness (QED) is 0.898. The van der Waals surface area contributed by atoms with Gasteiger partial charge in [-0.3, -0.25) is 4.79 Å². The number of hydrogen-bond donors (Lipinski definition) is 1. The summed E-state index contributed by atoms with van der Waals surface area (Å²) in [4.78, 5) is 14.6. The average Bonchev–Trinajstić information content (AvgIpc) is 2.77. The summed E-state index contributed by atoms with van der Waals surface area (Å²) in [6, 6.07) is 2.24. The van der Waals surface area contributed by atoms with Gasteiger partial charge < -0.3 is 5.32 Å². The topological polar surface area (TPSA) is 46.9 Å². The van der Waals surface area contributed by atoms with Crippen molar-refractivity contribution in [1.82, 2.24) is 9.78 Å². The molecule has 0 aromatic carbocycles. The number of nitrogens with zero attached hydrogens (tertiary/aromatic N) is 2. The Bertz CT molecular complexity index is 693. The number of nitrogens with one attached hydrogen (secondary N) is 1. The summed E-state index contributed by atoms with van der Waals surface area (Å²) in [6.45, 7) is 8.83. The zero-order valence-corrected chi connectivity index (χ0v) is 14.3. The van der Waals surface area contributed by atoms with Gasteiger partial charge in [0.15, 0.2) is 0 Å². The molecule has 0 amide bonds. The Labute approximate surface area is 133 Å². The predicted octanol–water partition coefficient (Wildman–Crippen LogP) is 4.16. The van der Waals surface area contributed by atoms with Gasteiger partial charge >= 0.3 is 0 Å². The van der Waals surface area contributed by atoms with Gasteiger partial charge in [-0.15, -0.1) is 11.3 Å². The van der Waals surface area contributed by atoms with Gasteiger partial charge in [0.25, 0.3) is 5.56 Å². The van der Waals surface area contributed by atoms with Gasteiger partial charge in [-0.05, 0) is 38.8 Å². The molecule has 21 heavy (non-hydrogen) atoms. The Morgan fingerprint density at radius 2 is 2.19 bits per heavy atom. The van der Waals surface area contributed by atoms with Gasteiger partial charge in [0.2, 0.25) is 0 Å². The summed E-state index contributed by atoms with van der Waals surface area (Å²) in [5.41, 5.74) is 1.57. The van der Waals surface area contributed by atoms with Crippen LogP contribution < -0.4 is 10.9 Å². The first-order valence-corrected chi connectivity index (χ1v) is 8.22. The van der Waals surface area contributed by atoms with Crippen LogP contribution in [0.25, 0.3) is 0 Å². The molecule has 1 unspecified atom stereocenters. The molecular formula is C15H20ClN3OS. The summed E-state index contributed by atoms with van der Waals surface area (Å²) < 4.78 is 1.40. The fourth-order valence-corrected chi connectivity index (χ4v) is 3.55. The predicted molar refractivity (Wildman–Crippen MR) is 89.6 cm³/mol. The van der Waals surface area contributed by atoms with Crippen molar-refractivity contribution in [3.05, 3.63) is 43.0 Å². The first kappa shape index (κ1) is 16.0. The molecule has 1 N–H and O–H groups in total. The van der Waals surface area contributed by atoms with Crippen molar-refractivity contribution in [1.29, 1.82) is 0 Å². The van der Waals surface area contributed by atoms with E-state index >= 15 is 0 Å². The molecule has 0 radical (unpaired) electrons. The molecule has 0 spiro atoms. The molecule has 1 atom stereocenters. The molecule has 2 aromatic heterocycles. The molecule has 0 fully saturated rings. The number of halogens is 1. The minimum Gasteiger partial charge on any atom is -0.376 e. The lowest BCUT2D eigenvalue weighted by atomic mass is 10.1. The first-order chi connectivity index (χ1) is 9.93. The highest BCUT2D eigenvalue weighted by molar-refractivity contribution is 7.12. The summed E-state index contributed by atoms with van der Waals surface area (Å²) in [5.74, 6) is 0. The average molecular weight is 326 g/mol. The maximum atomic E-state index is 12.1. The number of thiophene rings is 1. The molecule has 0 aliphatic rings. The SMILES string of the molecule is CCCn1ncc(NC(C)c2cc(C)sc2C)c(Cl)c1=O. The normalized spacial score (nSPS) is 12.4. The van der Waals surface area contributed by atoms with Crippen molar-refractivity contribution in [2.45, 2.75) is 46.7 Å². The van der Waals surface area contributed by atoms with E-state index in [9.17, 15) is 4.79 Å². The molecule has 4 nitrogen and oxygen atoms in total. The second-order valence-electron chi connectivity index (χ2n) is 5.14. The Morgan fingerprint density at radius 3 is 2.76 bits per heavy atom. The molecule has 2 rings (SSSR count). The highest BCUT2D eigenvalue weighted by Crippen LogP contribution is 2.29. The summed E-state index contributed by atoms with van der Waals surface area (Å²) in [7, 11) is 0. The third kappa shape index (κ3) is 3.47. The lowest BCUT2D eigenvalue weighted by Gasteiger charge is -2.16. The van der Waals surface area contributed by atoms with Crippen LogP contribution >= 0.6 is 22.9 Å². The summed E-state index contributed by atoms with van der Waals surface area (Å²) in [6.07, 6.45) is 2.48. The number of rotatable bonds is 5. The van der Waals surface area contributed by atoms with E-state index in [1.807, 2.05) is 6.92 Å². The fourth-order valence-electron chi connectivity index (χ4n) is 2.33. The molecule has 0 aliphatic heterocycles. The van der Waals surface area contributed by atoms with E-state index in [0.29, 0.717) is 12.2 Å². The van der Waals surface area contributed by atoms with E-state index in [1.165, 1.54) is 20.0 Å². The molecule has 114 valence electrons. The third-order valence-corrected chi connectivity index (χ3v) is 4.69. The van der Waals surface area contributed by atoms with Crippen molar-refractivity contribution < 1.29 is 0 Å².